The van der Waals surface area contributed by atoms with Gasteiger partial charge < -0.3 is 14.4 Å². The Labute approximate surface area is 244 Å². The molecule has 5 nitrogen and oxygen atoms in total. The number of imidazole rings is 1. The Kier molecular flexibility index (Phi) is 8.88. The normalized spacial score (nSPS) is 13.2. The first-order valence-electron chi connectivity index (χ1n) is 13.1. The summed E-state index contributed by atoms with van der Waals surface area (Å²) in [4.78, 5) is 6.37. The van der Waals surface area contributed by atoms with Crippen LogP contribution in [0.3, 0.4) is 0 Å². The summed E-state index contributed by atoms with van der Waals surface area (Å²) in [5.41, 5.74) is 1.54. The van der Waals surface area contributed by atoms with Crippen molar-refractivity contribution < 1.29 is 9.84 Å². The second-order valence-corrected chi connectivity index (χ2v) is 10.8. The van der Waals surface area contributed by atoms with E-state index in [4.69, 9.17) is 27.9 Å². The van der Waals surface area contributed by atoms with Crippen LogP contribution < -0.4 is 4.74 Å². The van der Waals surface area contributed by atoms with Gasteiger partial charge >= 0.3 is 0 Å². The summed E-state index contributed by atoms with van der Waals surface area (Å²) < 4.78 is 7.84. The Balaban J connectivity index is 1.20. The van der Waals surface area contributed by atoms with Crippen LogP contribution in [0.25, 0.3) is 16.8 Å². The minimum atomic E-state index is -1.39. The van der Waals surface area contributed by atoms with Crippen LogP contribution in [0.15, 0.2) is 110 Å². The van der Waals surface area contributed by atoms with Crippen molar-refractivity contribution in [2.24, 2.45) is 0 Å². The molecule has 0 aliphatic heterocycles. The molecule has 0 saturated carbocycles. The summed E-state index contributed by atoms with van der Waals surface area (Å²) in [5.74, 6) is 0.652. The van der Waals surface area contributed by atoms with E-state index in [0.29, 0.717) is 21.4 Å². The molecule has 1 N–H and O–H groups in total. The van der Waals surface area contributed by atoms with E-state index in [-0.39, 0.29) is 13.2 Å². The quantitative estimate of drug-likeness (QED) is 0.179. The molecule has 1 heterocycles. The summed E-state index contributed by atoms with van der Waals surface area (Å²) in [5, 5.41) is 15.1. The van der Waals surface area contributed by atoms with Crippen LogP contribution in [0, 0.1) is 0 Å². The highest BCUT2D eigenvalue weighted by Gasteiger charge is 2.33. The van der Waals surface area contributed by atoms with Crippen LogP contribution in [0.4, 0.5) is 0 Å². The molecule has 0 spiro atoms. The lowest BCUT2D eigenvalue weighted by atomic mass is 9.94. The predicted octanol–water partition coefficient (Wildman–Crippen LogP) is 7.46. The van der Waals surface area contributed by atoms with E-state index in [1.807, 2.05) is 24.3 Å². The number of hydrogen-bond donors (Lipinski definition) is 1. The molecule has 0 aliphatic rings. The van der Waals surface area contributed by atoms with Gasteiger partial charge in [0.05, 0.1) is 12.9 Å². The average Bonchev–Trinajstić information content (AvgIpc) is 3.45. The zero-order valence-corrected chi connectivity index (χ0v) is 23.8. The van der Waals surface area contributed by atoms with Crippen LogP contribution in [0.1, 0.15) is 16.7 Å². The molecule has 0 radical (unpaired) electrons. The Hall–Kier alpha value is -3.61. The summed E-state index contributed by atoms with van der Waals surface area (Å²) in [6.07, 6.45) is 9.36. The number of hydrogen-bond acceptors (Lipinski definition) is 4. The molecular weight excluding hydrogens is 541 g/mol. The summed E-state index contributed by atoms with van der Waals surface area (Å²) in [6, 6.07) is 27.8. The lowest BCUT2D eigenvalue weighted by Gasteiger charge is -2.30. The van der Waals surface area contributed by atoms with Crippen LogP contribution in [-0.2, 0) is 18.7 Å². The molecule has 0 saturated heterocycles. The zero-order valence-electron chi connectivity index (χ0n) is 22.3. The molecule has 0 bridgehead atoms. The first-order valence-corrected chi connectivity index (χ1v) is 13.8. The summed E-state index contributed by atoms with van der Waals surface area (Å²) >= 11 is 12.5. The Bertz CT molecular complexity index is 1580. The van der Waals surface area contributed by atoms with E-state index >= 15 is 0 Å². The largest absolute Gasteiger partial charge is 0.490 e. The minimum absolute atomic E-state index is 0.000676. The van der Waals surface area contributed by atoms with Gasteiger partial charge in [-0.3, -0.25) is 4.90 Å². The molecule has 5 rings (SSSR count). The molecule has 1 aromatic heterocycles. The Morgan fingerprint density at radius 2 is 1.80 bits per heavy atom. The standard InChI is InChI=1S/C33H31Cl2N3O2/c1-37(21-27-9-4-8-26-7-2-3-10-30(26)27)18-5-6-25-11-14-29(15-12-25)40-23-33(39,22-38-19-17-36-24-38)31-16-13-28(34)20-32(31)35/h2-17,19-20,24,39H,18,21-23H2,1H3/b6-5+. The van der Waals surface area contributed by atoms with Crippen molar-refractivity contribution in [2.45, 2.75) is 18.7 Å². The van der Waals surface area contributed by atoms with Gasteiger partial charge in [0.15, 0.2) is 0 Å². The minimum Gasteiger partial charge on any atom is -0.490 e. The van der Waals surface area contributed by atoms with E-state index in [1.165, 1.54) is 16.3 Å². The Morgan fingerprint density at radius 3 is 2.58 bits per heavy atom. The van der Waals surface area contributed by atoms with Gasteiger partial charge in [-0.1, -0.05) is 96.0 Å². The van der Waals surface area contributed by atoms with Crippen molar-refractivity contribution in [3.8, 4) is 5.75 Å². The average molecular weight is 573 g/mol. The first-order chi connectivity index (χ1) is 19.4. The second-order valence-electron chi connectivity index (χ2n) is 9.99. The number of nitrogens with zero attached hydrogens (tertiary/aromatic N) is 3. The van der Waals surface area contributed by atoms with Crippen LogP contribution in [0.5, 0.6) is 5.75 Å². The number of fused-ring (bicyclic) bond motifs is 1. The molecule has 1 unspecified atom stereocenters. The van der Waals surface area contributed by atoms with Gasteiger partial charge in [0.1, 0.15) is 18.0 Å². The van der Waals surface area contributed by atoms with Crippen molar-refractivity contribution >= 4 is 40.1 Å². The van der Waals surface area contributed by atoms with E-state index in [2.05, 4.69) is 71.5 Å². The third-order valence-corrected chi connectivity index (χ3v) is 7.39. The van der Waals surface area contributed by atoms with E-state index < -0.39 is 5.60 Å². The molecule has 0 aliphatic carbocycles. The number of rotatable bonds is 11. The number of benzene rings is 4. The molecule has 1 atom stereocenters. The number of halogens is 2. The fourth-order valence-electron chi connectivity index (χ4n) is 4.79. The topological polar surface area (TPSA) is 50.5 Å². The van der Waals surface area contributed by atoms with Gasteiger partial charge in [-0.2, -0.15) is 0 Å². The second kappa shape index (κ2) is 12.7. The maximum atomic E-state index is 11.7. The number of likely N-dealkylation sites (N-methyl/N-ethyl adjacent to an activating group) is 1. The SMILES string of the molecule is CN(C/C=C/c1ccc(OCC(O)(Cn2ccnc2)c2ccc(Cl)cc2Cl)cc1)Cc1cccc2ccccc12. The van der Waals surface area contributed by atoms with E-state index in [9.17, 15) is 5.11 Å². The molecule has 40 heavy (non-hydrogen) atoms. The monoisotopic (exact) mass is 571 g/mol. The molecule has 204 valence electrons. The van der Waals surface area contributed by atoms with Gasteiger partial charge in [-0.25, -0.2) is 4.98 Å². The first kappa shape index (κ1) is 27.9. The molecular formula is C33H31Cl2N3O2. The zero-order chi connectivity index (χ0) is 28.0. The molecule has 0 fully saturated rings. The van der Waals surface area contributed by atoms with Crippen molar-refractivity contribution in [3.05, 3.63) is 136 Å². The molecule has 0 amide bonds. The highest BCUT2D eigenvalue weighted by atomic mass is 35.5. The number of aromatic nitrogens is 2. The predicted molar refractivity (Wildman–Crippen MR) is 164 cm³/mol. The van der Waals surface area contributed by atoms with Crippen LogP contribution in [0.2, 0.25) is 10.0 Å². The van der Waals surface area contributed by atoms with Crippen molar-refractivity contribution in [3.63, 3.8) is 0 Å². The molecule has 4 aromatic carbocycles. The van der Waals surface area contributed by atoms with Crippen LogP contribution >= 0.6 is 23.2 Å². The van der Waals surface area contributed by atoms with E-state index in [1.54, 1.807) is 41.5 Å². The van der Waals surface area contributed by atoms with Gasteiger partial charge in [-0.15, -0.1) is 0 Å². The number of ether oxygens (including phenoxy) is 1. The number of aliphatic hydroxyl groups is 1. The maximum Gasteiger partial charge on any atom is 0.143 e. The van der Waals surface area contributed by atoms with E-state index in [0.717, 1.165) is 18.7 Å². The van der Waals surface area contributed by atoms with Crippen LogP contribution in [-0.4, -0.2) is 39.8 Å². The summed E-state index contributed by atoms with van der Waals surface area (Å²) in [6.45, 7) is 1.92. The van der Waals surface area contributed by atoms with Gasteiger partial charge in [0.25, 0.3) is 0 Å². The van der Waals surface area contributed by atoms with Crippen molar-refractivity contribution in [1.82, 2.24) is 14.5 Å². The van der Waals surface area contributed by atoms with Crippen molar-refractivity contribution in [2.75, 3.05) is 20.2 Å². The fourth-order valence-corrected chi connectivity index (χ4v) is 5.37. The lowest BCUT2D eigenvalue weighted by Crippen LogP contribution is -2.38. The lowest BCUT2D eigenvalue weighted by molar-refractivity contribution is -0.0242. The Morgan fingerprint density at radius 1 is 1.00 bits per heavy atom. The van der Waals surface area contributed by atoms with Gasteiger partial charge in [0.2, 0.25) is 0 Å². The summed E-state index contributed by atoms with van der Waals surface area (Å²) in [7, 11) is 2.13. The van der Waals surface area contributed by atoms with Gasteiger partial charge in [0, 0.05) is 41.1 Å². The third kappa shape index (κ3) is 6.93. The molecule has 7 heteroatoms. The van der Waals surface area contributed by atoms with Crippen molar-refractivity contribution in [1.29, 1.82) is 0 Å². The smallest absolute Gasteiger partial charge is 0.143 e. The third-order valence-electron chi connectivity index (χ3n) is 6.84. The maximum absolute atomic E-state index is 11.7. The van der Waals surface area contributed by atoms with Gasteiger partial charge in [-0.05, 0) is 53.2 Å². The highest BCUT2D eigenvalue weighted by Crippen LogP contribution is 2.33. The fraction of sp³-hybridized carbons (Fsp3) is 0.182. The highest BCUT2D eigenvalue weighted by molar-refractivity contribution is 6.35. The molecule has 5 aromatic rings.